The van der Waals surface area contributed by atoms with Crippen molar-refractivity contribution in [3.05, 3.63) is 23.2 Å². The summed E-state index contributed by atoms with van der Waals surface area (Å²) in [5.41, 5.74) is 0. The van der Waals surface area contributed by atoms with Gasteiger partial charge in [-0.2, -0.15) is 0 Å². The van der Waals surface area contributed by atoms with E-state index >= 15 is 0 Å². The third kappa shape index (κ3) is 2.42. The van der Waals surface area contributed by atoms with Gasteiger partial charge in [0.15, 0.2) is 0 Å². The lowest BCUT2D eigenvalue weighted by Crippen LogP contribution is -1.83. The van der Waals surface area contributed by atoms with Crippen molar-refractivity contribution in [3.63, 3.8) is 0 Å². The summed E-state index contributed by atoms with van der Waals surface area (Å²) in [6.45, 7) is 1.80. The maximum atomic E-state index is 5.49. The third-order valence-electron chi connectivity index (χ3n) is 0.742. The third-order valence-corrected chi connectivity index (χ3v) is 0.953. The summed E-state index contributed by atoms with van der Waals surface area (Å²) >= 11 is 5.49. The van der Waals surface area contributed by atoms with E-state index in [4.69, 9.17) is 11.6 Å². The van der Waals surface area contributed by atoms with Crippen LogP contribution >= 0.6 is 11.6 Å². The van der Waals surface area contributed by atoms with Crippen LogP contribution in [0, 0.1) is 6.92 Å². The van der Waals surface area contributed by atoms with Crippen molar-refractivity contribution in [2.75, 3.05) is 0 Å². The lowest BCUT2D eigenvalue weighted by molar-refractivity contribution is 1.05. The molecule has 0 saturated heterocycles. The second-order valence-electron chi connectivity index (χ2n) is 1.43. The monoisotopic (exact) mass is 144 g/mol. The lowest BCUT2D eigenvalue weighted by Gasteiger charge is -1.87. The van der Waals surface area contributed by atoms with Crippen molar-refractivity contribution >= 4 is 11.6 Å². The van der Waals surface area contributed by atoms with Gasteiger partial charge in [0.1, 0.15) is 11.0 Å². The minimum Gasteiger partial charge on any atom is -0.242 e. The molecule has 0 aromatic carbocycles. The number of aromatic nitrogens is 2. The van der Waals surface area contributed by atoms with Gasteiger partial charge in [-0.25, -0.2) is 9.97 Å². The highest BCUT2D eigenvalue weighted by atomic mass is 35.5. The largest absolute Gasteiger partial charge is 0.242 e. The Hall–Kier alpha value is -0.630. The van der Waals surface area contributed by atoms with Gasteiger partial charge in [-0.05, 0) is 13.0 Å². The molecule has 0 bridgehead atoms. The summed E-state index contributed by atoms with van der Waals surface area (Å²) in [5.74, 6) is 0.706. The number of nitrogens with zero attached hydrogens (tertiary/aromatic N) is 2. The summed E-state index contributed by atoms with van der Waals surface area (Å²) < 4.78 is 0. The second-order valence-corrected chi connectivity index (χ2v) is 1.81. The number of rotatable bonds is 0. The molecule has 0 N–H and O–H groups in total. The van der Waals surface area contributed by atoms with Crippen LogP contribution in [0.5, 0.6) is 0 Å². The summed E-state index contributed by atoms with van der Waals surface area (Å²) in [5, 5.41) is 0.498. The highest BCUT2D eigenvalue weighted by Crippen LogP contribution is 1.99. The molecule has 50 valence electrons. The molecule has 0 spiro atoms. The Kier molecular flexibility index (Phi) is 3.17. The highest BCUT2D eigenvalue weighted by Gasteiger charge is 1.85. The lowest BCUT2D eigenvalue weighted by atomic mass is 10.6. The summed E-state index contributed by atoms with van der Waals surface area (Å²) in [6.07, 6.45) is 1.63. The molecule has 0 saturated carbocycles. The summed E-state index contributed by atoms with van der Waals surface area (Å²) in [6, 6.07) is 1.65. The summed E-state index contributed by atoms with van der Waals surface area (Å²) in [7, 11) is 0. The van der Waals surface area contributed by atoms with Crippen LogP contribution in [0.15, 0.2) is 12.3 Å². The minimum absolute atomic E-state index is 0. The van der Waals surface area contributed by atoms with Crippen LogP contribution in [0.3, 0.4) is 0 Å². The van der Waals surface area contributed by atoms with E-state index in [2.05, 4.69) is 9.97 Å². The van der Waals surface area contributed by atoms with E-state index in [1.54, 1.807) is 19.2 Å². The topological polar surface area (TPSA) is 25.8 Å². The first-order chi connectivity index (χ1) is 3.79. The van der Waals surface area contributed by atoms with Gasteiger partial charge in [-0.15, -0.1) is 0 Å². The predicted molar refractivity (Wildman–Crippen MR) is 38.5 cm³/mol. The molecule has 0 unspecified atom stereocenters. The normalized spacial score (nSPS) is 8.22. The Balaban J connectivity index is 0.000000640. The molecular weight excluding hydrogens is 136 g/mol. The van der Waals surface area contributed by atoms with Crippen LogP contribution in [0.4, 0.5) is 0 Å². The van der Waals surface area contributed by atoms with E-state index < -0.39 is 0 Å². The average molecular weight is 145 g/mol. The number of hydrogen-bond donors (Lipinski definition) is 0. The first-order valence-electron chi connectivity index (χ1n) is 2.24. The maximum absolute atomic E-state index is 5.49. The van der Waals surface area contributed by atoms with Crippen molar-refractivity contribution < 1.29 is 0 Å². The van der Waals surface area contributed by atoms with Gasteiger partial charge in [0.2, 0.25) is 0 Å². The Labute approximate surface area is 59.9 Å². The van der Waals surface area contributed by atoms with E-state index in [9.17, 15) is 0 Å². The molecule has 0 aliphatic heterocycles. The smallest absolute Gasteiger partial charge is 0.132 e. The molecule has 1 rings (SSSR count). The van der Waals surface area contributed by atoms with Crippen LogP contribution in [0.1, 0.15) is 13.3 Å². The zero-order chi connectivity index (χ0) is 5.98. The molecule has 0 radical (unpaired) electrons. The van der Waals surface area contributed by atoms with Crippen LogP contribution < -0.4 is 0 Å². The van der Waals surface area contributed by atoms with E-state index in [1.807, 2.05) is 0 Å². The molecule has 2 nitrogen and oxygen atoms in total. The SMILES string of the molecule is C.Cc1nccc(Cl)n1. The standard InChI is InChI=1S/C5H5ClN2.CH4/c1-4-7-3-2-5(6)8-4;/h2-3H,1H3;1H4. The molecule has 0 aliphatic carbocycles. The van der Waals surface area contributed by atoms with Gasteiger partial charge in [0.25, 0.3) is 0 Å². The van der Waals surface area contributed by atoms with E-state index in [0.29, 0.717) is 11.0 Å². The fourth-order valence-corrected chi connectivity index (χ4v) is 0.606. The number of aryl methyl sites for hydroxylation is 1. The van der Waals surface area contributed by atoms with Crippen molar-refractivity contribution in [2.24, 2.45) is 0 Å². The first kappa shape index (κ1) is 8.37. The van der Waals surface area contributed by atoms with Crippen LogP contribution in [-0.2, 0) is 0 Å². The highest BCUT2D eigenvalue weighted by molar-refractivity contribution is 6.29. The van der Waals surface area contributed by atoms with Crippen molar-refractivity contribution in [2.45, 2.75) is 14.4 Å². The van der Waals surface area contributed by atoms with Gasteiger partial charge >= 0.3 is 0 Å². The van der Waals surface area contributed by atoms with Gasteiger partial charge < -0.3 is 0 Å². The molecular formula is C6H9ClN2. The van der Waals surface area contributed by atoms with E-state index in [0.717, 1.165) is 0 Å². The van der Waals surface area contributed by atoms with Crippen LogP contribution in [0.2, 0.25) is 5.15 Å². The molecule has 1 aromatic rings. The Morgan fingerprint density at radius 3 is 2.56 bits per heavy atom. The zero-order valence-corrected chi connectivity index (χ0v) is 5.18. The molecule has 0 aliphatic rings. The molecule has 0 atom stereocenters. The first-order valence-corrected chi connectivity index (χ1v) is 2.62. The molecule has 3 heteroatoms. The van der Waals surface area contributed by atoms with Crippen LogP contribution in [-0.4, -0.2) is 9.97 Å². The second kappa shape index (κ2) is 3.41. The average Bonchev–Trinajstić information content (AvgIpc) is 1.64. The molecule has 1 aromatic heterocycles. The van der Waals surface area contributed by atoms with Crippen molar-refractivity contribution in [1.82, 2.24) is 9.97 Å². The molecule has 1 heterocycles. The fourth-order valence-electron chi connectivity index (χ4n) is 0.427. The minimum atomic E-state index is 0. The Morgan fingerprint density at radius 1 is 1.56 bits per heavy atom. The van der Waals surface area contributed by atoms with Crippen LogP contribution in [0.25, 0.3) is 0 Å². The number of halogens is 1. The van der Waals surface area contributed by atoms with Gasteiger partial charge in [-0.3, -0.25) is 0 Å². The van der Waals surface area contributed by atoms with Crippen molar-refractivity contribution in [1.29, 1.82) is 0 Å². The predicted octanol–water partition coefficient (Wildman–Crippen LogP) is 2.07. The van der Waals surface area contributed by atoms with E-state index in [-0.39, 0.29) is 7.43 Å². The molecule has 9 heavy (non-hydrogen) atoms. The maximum Gasteiger partial charge on any atom is 0.132 e. The Bertz CT molecular complexity index is 171. The molecule has 0 amide bonds. The quantitative estimate of drug-likeness (QED) is 0.521. The molecule has 0 fully saturated rings. The van der Waals surface area contributed by atoms with Gasteiger partial charge in [0.05, 0.1) is 0 Å². The van der Waals surface area contributed by atoms with Crippen molar-refractivity contribution in [3.8, 4) is 0 Å². The summed E-state index contributed by atoms with van der Waals surface area (Å²) in [4.78, 5) is 7.67. The zero-order valence-electron chi connectivity index (χ0n) is 4.43. The number of hydrogen-bond acceptors (Lipinski definition) is 2. The van der Waals surface area contributed by atoms with Gasteiger partial charge in [-0.1, -0.05) is 19.0 Å². The Morgan fingerprint density at radius 2 is 2.22 bits per heavy atom. The van der Waals surface area contributed by atoms with Gasteiger partial charge in [0, 0.05) is 6.20 Å². The van der Waals surface area contributed by atoms with E-state index in [1.165, 1.54) is 0 Å². The fraction of sp³-hybridized carbons (Fsp3) is 0.333.